The average Bonchev–Trinajstić information content (AvgIpc) is 2.86. The highest BCUT2D eigenvalue weighted by molar-refractivity contribution is 6.20. The number of likely N-dealkylation sites (N-methyl/N-ethyl adjacent to an activating group) is 1. The minimum atomic E-state index is -0.291. The largest absolute Gasteiger partial charge is 0.358 e. The van der Waals surface area contributed by atoms with Crippen LogP contribution in [0.2, 0.25) is 0 Å². The highest BCUT2D eigenvalue weighted by atomic mass is 35.5. The average molecular weight is 303 g/mol. The van der Waals surface area contributed by atoms with E-state index in [2.05, 4.69) is 15.3 Å². The zero-order chi connectivity index (χ0) is 15.0. The Morgan fingerprint density at radius 2 is 2.14 bits per heavy atom. The molecule has 0 bridgehead atoms. The fourth-order valence-corrected chi connectivity index (χ4v) is 2.63. The number of benzene rings is 1. The molecule has 21 heavy (non-hydrogen) atoms. The van der Waals surface area contributed by atoms with Gasteiger partial charge in [-0.3, -0.25) is 9.78 Å². The van der Waals surface area contributed by atoms with Crippen LogP contribution in [0.1, 0.15) is 18.1 Å². The van der Waals surface area contributed by atoms with Gasteiger partial charge in [0.25, 0.3) is 0 Å². The molecule has 2 heterocycles. The lowest BCUT2D eigenvalue weighted by atomic mass is 10.2. The predicted octanol–water partition coefficient (Wildman–Crippen LogP) is 2.63. The van der Waals surface area contributed by atoms with Crippen molar-refractivity contribution in [1.29, 1.82) is 0 Å². The van der Waals surface area contributed by atoms with Gasteiger partial charge < -0.3 is 9.88 Å². The third-order valence-corrected chi connectivity index (χ3v) is 3.64. The molecule has 1 unspecified atom stereocenters. The van der Waals surface area contributed by atoms with Gasteiger partial charge in [0, 0.05) is 12.4 Å². The van der Waals surface area contributed by atoms with Gasteiger partial charge in [0.05, 0.1) is 22.6 Å². The summed E-state index contributed by atoms with van der Waals surface area (Å²) in [5.41, 5.74) is 2.52. The van der Waals surface area contributed by atoms with Crippen LogP contribution in [0, 0.1) is 0 Å². The first-order valence-corrected chi connectivity index (χ1v) is 7.14. The van der Waals surface area contributed by atoms with E-state index in [-0.39, 0.29) is 17.8 Å². The second kappa shape index (κ2) is 5.33. The second-order valence-corrected chi connectivity index (χ2v) is 5.51. The summed E-state index contributed by atoms with van der Waals surface area (Å²) in [4.78, 5) is 20.8. The number of nitrogens with zero attached hydrogens (tertiary/aromatic N) is 3. The van der Waals surface area contributed by atoms with Crippen molar-refractivity contribution in [2.75, 3.05) is 7.05 Å². The van der Waals surface area contributed by atoms with Gasteiger partial charge in [0.2, 0.25) is 5.91 Å². The molecule has 0 fully saturated rings. The number of hydrogen-bond acceptors (Lipinski definition) is 3. The standard InChI is InChI=1S/C15H15ClN4O/c1-9(16)15-19-12-7-18-11-6-4-3-5-10(11)14(12)20(15)8-13(21)17-2/h3-7,9H,8H2,1-2H3,(H,17,21). The van der Waals surface area contributed by atoms with Gasteiger partial charge >= 0.3 is 0 Å². The number of aromatic nitrogens is 3. The lowest BCUT2D eigenvalue weighted by Gasteiger charge is -2.10. The molecule has 3 rings (SSSR count). The van der Waals surface area contributed by atoms with Crippen LogP contribution >= 0.6 is 11.6 Å². The fourth-order valence-electron chi connectivity index (χ4n) is 2.47. The van der Waals surface area contributed by atoms with E-state index in [4.69, 9.17) is 11.6 Å². The van der Waals surface area contributed by atoms with Gasteiger partial charge in [-0.15, -0.1) is 11.6 Å². The summed E-state index contributed by atoms with van der Waals surface area (Å²) in [6, 6.07) is 7.81. The summed E-state index contributed by atoms with van der Waals surface area (Å²) in [5.74, 6) is 0.585. The Morgan fingerprint density at radius 3 is 2.86 bits per heavy atom. The zero-order valence-electron chi connectivity index (χ0n) is 11.8. The minimum Gasteiger partial charge on any atom is -0.358 e. The van der Waals surface area contributed by atoms with Crippen LogP contribution in [0.3, 0.4) is 0 Å². The van der Waals surface area contributed by atoms with Gasteiger partial charge in [-0.1, -0.05) is 18.2 Å². The summed E-state index contributed by atoms with van der Waals surface area (Å²) in [7, 11) is 1.62. The SMILES string of the molecule is CNC(=O)Cn1c(C(C)Cl)nc2cnc3ccccc3c21. The lowest BCUT2D eigenvalue weighted by molar-refractivity contribution is -0.121. The van der Waals surface area contributed by atoms with Crippen molar-refractivity contribution in [2.24, 2.45) is 0 Å². The van der Waals surface area contributed by atoms with E-state index < -0.39 is 0 Å². The van der Waals surface area contributed by atoms with E-state index in [1.807, 2.05) is 35.8 Å². The normalized spacial score (nSPS) is 12.7. The maximum Gasteiger partial charge on any atom is 0.239 e. The third-order valence-electron chi connectivity index (χ3n) is 3.45. The van der Waals surface area contributed by atoms with E-state index in [1.54, 1.807) is 13.2 Å². The van der Waals surface area contributed by atoms with Crippen LogP contribution < -0.4 is 5.32 Å². The van der Waals surface area contributed by atoms with Crippen LogP contribution in [0.15, 0.2) is 30.5 Å². The van der Waals surface area contributed by atoms with Gasteiger partial charge in [0.15, 0.2) is 0 Å². The highest BCUT2D eigenvalue weighted by Crippen LogP contribution is 2.28. The number of carbonyl (C=O) groups is 1. The molecule has 0 aliphatic carbocycles. The van der Waals surface area contributed by atoms with Crippen molar-refractivity contribution in [3.8, 4) is 0 Å². The number of para-hydroxylation sites is 1. The summed E-state index contributed by atoms with van der Waals surface area (Å²) >= 11 is 6.22. The molecule has 1 amide bonds. The molecule has 0 spiro atoms. The molecule has 3 aromatic rings. The van der Waals surface area contributed by atoms with Crippen LogP contribution in [0.25, 0.3) is 21.9 Å². The molecule has 2 aromatic heterocycles. The number of alkyl halides is 1. The van der Waals surface area contributed by atoms with Gasteiger partial charge in [-0.05, 0) is 13.0 Å². The number of fused-ring (bicyclic) bond motifs is 3. The van der Waals surface area contributed by atoms with Crippen LogP contribution in [-0.2, 0) is 11.3 Å². The van der Waals surface area contributed by atoms with Crippen molar-refractivity contribution >= 4 is 39.4 Å². The number of imidazole rings is 1. The number of carbonyl (C=O) groups excluding carboxylic acids is 1. The van der Waals surface area contributed by atoms with Crippen LogP contribution in [0.4, 0.5) is 0 Å². The summed E-state index contributed by atoms with van der Waals surface area (Å²) in [6.45, 7) is 2.03. The lowest BCUT2D eigenvalue weighted by Crippen LogP contribution is -2.24. The summed E-state index contributed by atoms with van der Waals surface area (Å²) < 4.78 is 1.87. The third kappa shape index (κ3) is 2.34. The molecule has 1 atom stereocenters. The van der Waals surface area contributed by atoms with Crippen molar-refractivity contribution in [2.45, 2.75) is 18.8 Å². The molecule has 1 aromatic carbocycles. The van der Waals surface area contributed by atoms with Gasteiger partial charge in [-0.2, -0.15) is 0 Å². The molecule has 6 heteroatoms. The van der Waals surface area contributed by atoms with Gasteiger partial charge in [0.1, 0.15) is 17.9 Å². The maximum atomic E-state index is 11.8. The smallest absolute Gasteiger partial charge is 0.239 e. The molecule has 1 N–H and O–H groups in total. The van der Waals surface area contributed by atoms with E-state index in [0.29, 0.717) is 5.82 Å². The Labute approximate surface area is 126 Å². The van der Waals surface area contributed by atoms with Crippen molar-refractivity contribution < 1.29 is 4.79 Å². The van der Waals surface area contributed by atoms with Crippen molar-refractivity contribution in [3.05, 3.63) is 36.3 Å². The zero-order valence-corrected chi connectivity index (χ0v) is 12.6. The monoisotopic (exact) mass is 302 g/mol. The highest BCUT2D eigenvalue weighted by Gasteiger charge is 2.18. The Balaban J connectivity index is 2.35. The van der Waals surface area contributed by atoms with Crippen molar-refractivity contribution in [3.63, 3.8) is 0 Å². The number of amides is 1. The van der Waals surface area contributed by atoms with E-state index >= 15 is 0 Å². The number of nitrogens with one attached hydrogen (secondary N) is 1. The minimum absolute atomic E-state index is 0.0891. The second-order valence-electron chi connectivity index (χ2n) is 4.85. The fraction of sp³-hybridized carbons (Fsp3) is 0.267. The van der Waals surface area contributed by atoms with Crippen LogP contribution in [0.5, 0.6) is 0 Å². The maximum absolute atomic E-state index is 11.8. The molecule has 0 aliphatic rings. The number of pyridine rings is 1. The van der Waals surface area contributed by atoms with Gasteiger partial charge in [-0.25, -0.2) is 4.98 Å². The molecular formula is C15H15ClN4O. The predicted molar refractivity (Wildman–Crippen MR) is 83.4 cm³/mol. The Kier molecular flexibility index (Phi) is 3.51. The summed E-state index contributed by atoms with van der Waals surface area (Å²) in [6.07, 6.45) is 1.72. The van der Waals surface area contributed by atoms with E-state index in [0.717, 1.165) is 21.9 Å². The Hall–Kier alpha value is -2.14. The quantitative estimate of drug-likeness (QED) is 0.757. The van der Waals surface area contributed by atoms with E-state index in [9.17, 15) is 4.79 Å². The number of halogens is 1. The topological polar surface area (TPSA) is 59.8 Å². The number of rotatable bonds is 3. The number of hydrogen-bond donors (Lipinski definition) is 1. The first-order valence-electron chi connectivity index (χ1n) is 6.70. The summed E-state index contributed by atoms with van der Waals surface area (Å²) in [5, 5.41) is 3.31. The molecule has 0 radical (unpaired) electrons. The molecule has 0 saturated carbocycles. The molecule has 0 aliphatic heterocycles. The molecule has 108 valence electrons. The first kappa shape index (κ1) is 13.8. The molecule has 0 saturated heterocycles. The molecule has 5 nitrogen and oxygen atoms in total. The Morgan fingerprint density at radius 1 is 1.38 bits per heavy atom. The Bertz CT molecular complexity index is 825. The molecular weight excluding hydrogens is 288 g/mol. The first-order chi connectivity index (χ1) is 10.1. The van der Waals surface area contributed by atoms with Crippen LogP contribution in [-0.4, -0.2) is 27.5 Å². The van der Waals surface area contributed by atoms with E-state index in [1.165, 1.54) is 0 Å². The van der Waals surface area contributed by atoms with Crippen molar-refractivity contribution in [1.82, 2.24) is 19.9 Å².